The fourth-order valence-electron chi connectivity index (χ4n) is 2.51. The van der Waals surface area contributed by atoms with E-state index >= 15 is 0 Å². The van der Waals surface area contributed by atoms with E-state index in [1.54, 1.807) is 17.7 Å². The first-order valence-corrected chi connectivity index (χ1v) is 7.19. The number of hydrogen-bond donors (Lipinski definition) is 2. The van der Waals surface area contributed by atoms with Crippen LogP contribution in [0.1, 0.15) is 5.56 Å². The van der Waals surface area contributed by atoms with E-state index in [0.29, 0.717) is 11.6 Å². The van der Waals surface area contributed by atoms with Gasteiger partial charge >= 0.3 is 5.69 Å². The number of aryl methyl sites for hydroxylation is 1. The topological polar surface area (TPSA) is 99.9 Å². The lowest BCUT2D eigenvalue weighted by Gasteiger charge is -2.10. The molecule has 0 radical (unpaired) electrons. The number of hydrogen-bond acceptors (Lipinski definition) is 5. The van der Waals surface area contributed by atoms with Crippen molar-refractivity contribution in [2.24, 2.45) is 19.9 Å². The van der Waals surface area contributed by atoms with Crippen LogP contribution in [-0.4, -0.2) is 18.7 Å². The molecule has 0 spiro atoms. The van der Waals surface area contributed by atoms with Crippen molar-refractivity contribution in [3.05, 3.63) is 55.7 Å². The maximum atomic E-state index is 12.5. The average Bonchev–Trinajstić information content (AvgIpc) is 2.91. The second-order valence-corrected chi connectivity index (χ2v) is 5.54. The van der Waals surface area contributed by atoms with E-state index in [0.717, 1.165) is 10.1 Å². The molecule has 0 unspecified atom stereocenters. The van der Waals surface area contributed by atoms with E-state index in [2.05, 4.69) is 10.4 Å². The summed E-state index contributed by atoms with van der Waals surface area (Å²) in [4.78, 5) is 28.8. The molecule has 0 fully saturated rings. The Balaban J connectivity index is 2.34. The summed E-state index contributed by atoms with van der Waals surface area (Å²) >= 11 is 6.19. The van der Waals surface area contributed by atoms with Gasteiger partial charge in [-0.05, 0) is 11.6 Å². The number of hydrazine groups is 1. The Morgan fingerprint density at radius 3 is 2.57 bits per heavy atom. The van der Waals surface area contributed by atoms with E-state index in [4.69, 9.17) is 17.4 Å². The van der Waals surface area contributed by atoms with Gasteiger partial charge in [0.2, 0.25) is 5.95 Å². The minimum atomic E-state index is -0.450. The number of nitrogens with one attached hydrogen (secondary N) is 1. The number of halogens is 1. The van der Waals surface area contributed by atoms with Crippen LogP contribution in [0.15, 0.2) is 33.9 Å². The van der Waals surface area contributed by atoms with E-state index in [1.807, 2.05) is 18.2 Å². The van der Waals surface area contributed by atoms with Crippen molar-refractivity contribution in [2.75, 3.05) is 5.43 Å². The second-order valence-electron chi connectivity index (χ2n) is 5.14. The average molecular weight is 335 g/mol. The molecule has 2 aromatic heterocycles. The Morgan fingerprint density at radius 1 is 1.22 bits per heavy atom. The number of fused-ring (bicyclic) bond motifs is 1. The van der Waals surface area contributed by atoms with Crippen LogP contribution in [0.5, 0.6) is 0 Å². The van der Waals surface area contributed by atoms with E-state index in [-0.39, 0.29) is 17.1 Å². The predicted octanol–water partition coefficient (Wildman–Crippen LogP) is 0.421. The van der Waals surface area contributed by atoms with Gasteiger partial charge < -0.3 is 0 Å². The standard InChI is InChI=1S/C14H15ClN6O2/c1-19-11-10(12(22)20(2)14(19)23)21(13(17-11)18-16)7-8-5-3-4-6-9(8)15/h3-6H,7,16H2,1-2H3,(H,17,18). The summed E-state index contributed by atoms with van der Waals surface area (Å²) in [7, 11) is 2.98. The number of nitrogen functional groups attached to an aromatic ring is 1. The number of nitrogens with two attached hydrogens (primary N) is 1. The molecule has 3 aromatic rings. The zero-order chi connectivity index (χ0) is 16.7. The van der Waals surface area contributed by atoms with Crippen molar-refractivity contribution in [3.63, 3.8) is 0 Å². The predicted molar refractivity (Wildman–Crippen MR) is 88.6 cm³/mol. The molecule has 0 aliphatic heterocycles. The Bertz CT molecular complexity index is 1020. The third-order valence-electron chi connectivity index (χ3n) is 3.76. The van der Waals surface area contributed by atoms with Gasteiger partial charge in [0.15, 0.2) is 11.2 Å². The van der Waals surface area contributed by atoms with Gasteiger partial charge in [0, 0.05) is 19.1 Å². The normalized spacial score (nSPS) is 11.1. The second kappa shape index (κ2) is 5.56. The highest BCUT2D eigenvalue weighted by Crippen LogP contribution is 2.21. The van der Waals surface area contributed by atoms with Crippen molar-refractivity contribution < 1.29 is 0 Å². The summed E-state index contributed by atoms with van der Waals surface area (Å²) in [6, 6.07) is 7.28. The minimum absolute atomic E-state index is 0.262. The van der Waals surface area contributed by atoms with Crippen LogP contribution < -0.4 is 22.5 Å². The van der Waals surface area contributed by atoms with Crippen molar-refractivity contribution in [1.82, 2.24) is 18.7 Å². The molecule has 1 aromatic carbocycles. The van der Waals surface area contributed by atoms with E-state index in [1.165, 1.54) is 11.6 Å². The smallest absolute Gasteiger partial charge is 0.299 e. The van der Waals surface area contributed by atoms with Crippen LogP contribution in [0.25, 0.3) is 11.2 Å². The molecule has 0 saturated heterocycles. The van der Waals surface area contributed by atoms with Crippen molar-refractivity contribution in [3.8, 4) is 0 Å². The fourth-order valence-corrected chi connectivity index (χ4v) is 2.70. The lowest BCUT2D eigenvalue weighted by Crippen LogP contribution is -2.37. The number of imidazole rings is 1. The Hall–Kier alpha value is -2.58. The summed E-state index contributed by atoms with van der Waals surface area (Å²) in [6.45, 7) is 0.295. The first-order chi connectivity index (χ1) is 11.0. The third-order valence-corrected chi connectivity index (χ3v) is 4.13. The zero-order valence-electron chi connectivity index (χ0n) is 12.6. The minimum Gasteiger partial charge on any atom is -0.299 e. The van der Waals surface area contributed by atoms with Crippen LogP contribution in [0, 0.1) is 0 Å². The number of nitrogens with zero attached hydrogens (tertiary/aromatic N) is 4. The SMILES string of the molecule is Cn1c(=O)c2c(nc(NN)n2Cc2ccccc2Cl)n(C)c1=O. The maximum absolute atomic E-state index is 12.5. The Kier molecular flexibility index (Phi) is 3.70. The zero-order valence-corrected chi connectivity index (χ0v) is 13.3. The quantitative estimate of drug-likeness (QED) is 0.534. The lowest BCUT2D eigenvalue weighted by molar-refractivity contribution is 0.702. The molecule has 0 aliphatic rings. The largest absolute Gasteiger partial charge is 0.332 e. The molecule has 120 valence electrons. The molecule has 8 nitrogen and oxygen atoms in total. The van der Waals surface area contributed by atoms with Gasteiger partial charge in [-0.25, -0.2) is 10.6 Å². The molecule has 3 rings (SSSR count). The molecule has 9 heteroatoms. The molecule has 2 heterocycles. The maximum Gasteiger partial charge on any atom is 0.332 e. The van der Waals surface area contributed by atoms with Gasteiger partial charge in [-0.3, -0.25) is 23.9 Å². The van der Waals surface area contributed by atoms with Gasteiger partial charge in [0.05, 0.1) is 6.54 Å². The van der Waals surface area contributed by atoms with Gasteiger partial charge in [0.25, 0.3) is 5.56 Å². The van der Waals surface area contributed by atoms with Crippen LogP contribution in [0.3, 0.4) is 0 Å². The Labute approximate surface area is 135 Å². The number of benzene rings is 1. The summed E-state index contributed by atoms with van der Waals surface area (Å²) < 4.78 is 3.95. The van der Waals surface area contributed by atoms with Gasteiger partial charge in [-0.15, -0.1) is 0 Å². The monoisotopic (exact) mass is 334 g/mol. The molecule has 0 atom stereocenters. The van der Waals surface area contributed by atoms with Gasteiger partial charge in [-0.2, -0.15) is 4.98 Å². The van der Waals surface area contributed by atoms with Crippen LogP contribution in [-0.2, 0) is 20.6 Å². The van der Waals surface area contributed by atoms with Crippen LogP contribution in [0.2, 0.25) is 5.02 Å². The fraction of sp³-hybridized carbons (Fsp3) is 0.214. The van der Waals surface area contributed by atoms with E-state index < -0.39 is 11.2 Å². The molecule has 0 aliphatic carbocycles. The molecule has 23 heavy (non-hydrogen) atoms. The summed E-state index contributed by atoms with van der Waals surface area (Å²) in [5.41, 5.74) is 2.92. The molecular formula is C14H15ClN6O2. The number of rotatable bonds is 3. The third kappa shape index (κ3) is 2.32. The first-order valence-electron chi connectivity index (χ1n) is 6.82. The van der Waals surface area contributed by atoms with Crippen molar-refractivity contribution in [1.29, 1.82) is 0 Å². The highest BCUT2D eigenvalue weighted by molar-refractivity contribution is 6.31. The molecule has 0 amide bonds. The molecule has 0 bridgehead atoms. The van der Waals surface area contributed by atoms with Crippen LogP contribution in [0.4, 0.5) is 5.95 Å². The summed E-state index contributed by atoms with van der Waals surface area (Å²) in [5, 5.41) is 0.568. The van der Waals surface area contributed by atoms with Crippen molar-refractivity contribution >= 4 is 28.7 Å². The number of anilines is 1. The molecule has 0 saturated carbocycles. The molecule has 3 N–H and O–H groups in total. The van der Waals surface area contributed by atoms with Gasteiger partial charge in [0.1, 0.15) is 0 Å². The number of aromatic nitrogens is 4. The summed E-state index contributed by atoms with van der Waals surface area (Å²) in [6.07, 6.45) is 0. The first kappa shape index (κ1) is 15.3. The molecular weight excluding hydrogens is 320 g/mol. The summed E-state index contributed by atoms with van der Waals surface area (Å²) in [5.74, 6) is 5.80. The Morgan fingerprint density at radius 2 is 1.91 bits per heavy atom. The highest BCUT2D eigenvalue weighted by Gasteiger charge is 2.19. The van der Waals surface area contributed by atoms with Gasteiger partial charge in [-0.1, -0.05) is 29.8 Å². The van der Waals surface area contributed by atoms with E-state index in [9.17, 15) is 9.59 Å². The highest BCUT2D eigenvalue weighted by atomic mass is 35.5. The van der Waals surface area contributed by atoms with Crippen molar-refractivity contribution in [2.45, 2.75) is 6.54 Å². The lowest BCUT2D eigenvalue weighted by atomic mass is 10.2. The van der Waals surface area contributed by atoms with Crippen LogP contribution >= 0.6 is 11.6 Å².